The zero-order valence-corrected chi connectivity index (χ0v) is 11.3. The lowest BCUT2D eigenvalue weighted by atomic mass is 10.1. The van der Waals surface area contributed by atoms with Gasteiger partial charge in [-0.3, -0.25) is 4.79 Å². The summed E-state index contributed by atoms with van der Waals surface area (Å²) in [5.41, 5.74) is 5.93. The second kappa shape index (κ2) is 6.51. The summed E-state index contributed by atoms with van der Waals surface area (Å²) in [4.78, 5) is 12.0. The number of anilines is 1. The van der Waals surface area contributed by atoms with E-state index < -0.39 is 5.82 Å². The molecule has 2 atom stereocenters. The average Bonchev–Trinajstić information content (AvgIpc) is 2.85. The topological polar surface area (TPSA) is 64.4 Å². The Morgan fingerprint density at radius 3 is 3.00 bits per heavy atom. The minimum absolute atomic E-state index is 0.0939. The van der Waals surface area contributed by atoms with Crippen LogP contribution in [0.25, 0.3) is 0 Å². The first kappa shape index (κ1) is 14.5. The summed E-state index contributed by atoms with van der Waals surface area (Å²) in [6.45, 7) is 2.52. The number of nitrogens with two attached hydrogens (primary N) is 1. The minimum atomic E-state index is -0.472. The van der Waals surface area contributed by atoms with Crippen LogP contribution in [0.5, 0.6) is 0 Å². The molecule has 1 saturated heterocycles. The molecule has 1 amide bonds. The third kappa shape index (κ3) is 3.56. The molecule has 20 heavy (non-hydrogen) atoms. The molecule has 5 heteroatoms. The summed E-state index contributed by atoms with van der Waals surface area (Å²) >= 11 is 0. The number of hydrogen-bond donors (Lipinski definition) is 2. The molecule has 0 saturated carbocycles. The normalized spacial score (nSPS) is 21.1. The SMILES string of the molecule is CC1CC(C(=O)Nc2ccc(C#CCN)c(F)c2)CO1. The second-order valence-corrected chi connectivity index (χ2v) is 4.77. The van der Waals surface area contributed by atoms with E-state index in [2.05, 4.69) is 17.2 Å². The molecular formula is C15H17FN2O2. The van der Waals surface area contributed by atoms with Crippen molar-refractivity contribution in [1.82, 2.24) is 0 Å². The van der Waals surface area contributed by atoms with Gasteiger partial charge in [-0.25, -0.2) is 4.39 Å². The van der Waals surface area contributed by atoms with Crippen molar-refractivity contribution < 1.29 is 13.9 Å². The Hall–Kier alpha value is -1.90. The van der Waals surface area contributed by atoms with Crippen LogP contribution >= 0.6 is 0 Å². The molecule has 0 spiro atoms. The van der Waals surface area contributed by atoms with Crippen molar-refractivity contribution >= 4 is 11.6 Å². The van der Waals surface area contributed by atoms with E-state index in [1.54, 1.807) is 6.07 Å². The van der Waals surface area contributed by atoms with Crippen LogP contribution in [0.3, 0.4) is 0 Å². The lowest BCUT2D eigenvalue weighted by Gasteiger charge is -2.09. The number of benzene rings is 1. The van der Waals surface area contributed by atoms with Gasteiger partial charge in [0.15, 0.2) is 0 Å². The highest BCUT2D eigenvalue weighted by molar-refractivity contribution is 5.92. The van der Waals surface area contributed by atoms with Gasteiger partial charge in [0.25, 0.3) is 0 Å². The van der Waals surface area contributed by atoms with Gasteiger partial charge in [-0.15, -0.1) is 0 Å². The van der Waals surface area contributed by atoms with Gasteiger partial charge in [0.05, 0.1) is 30.7 Å². The van der Waals surface area contributed by atoms with Crippen LogP contribution in [-0.2, 0) is 9.53 Å². The van der Waals surface area contributed by atoms with E-state index in [4.69, 9.17) is 10.5 Å². The highest BCUT2D eigenvalue weighted by atomic mass is 19.1. The Balaban J connectivity index is 2.03. The third-order valence-electron chi connectivity index (χ3n) is 3.13. The minimum Gasteiger partial charge on any atom is -0.378 e. The molecule has 0 radical (unpaired) electrons. The van der Waals surface area contributed by atoms with E-state index in [9.17, 15) is 9.18 Å². The molecular weight excluding hydrogens is 259 g/mol. The Bertz CT molecular complexity index is 563. The van der Waals surface area contributed by atoms with Crippen LogP contribution in [0.1, 0.15) is 18.9 Å². The number of nitrogens with one attached hydrogen (secondary N) is 1. The zero-order chi connectivity index (χ0) is 14.5. The molecule has 4 nitrogen and oxygen atoms in total. The van der Waals surface area contributed by atoms with E-state index in [-0.39, 0.29) is 30.0 Å². The molecule has 106 valence electrons. The quantitative estimate of drug-likeness (QED) is 0.805. The fourth-order valence-corrected chi connectivity index (χ4v) is 2.08. The number of halogens is 1. The highest BCUT2D eigenvalue weighted by Gasteiger charge is 2.28. The molecule has 0 bridgehead atoms. The summed E-state index contributed by atoms with van der Waals surface area (Å²) < 4.78 is 19.1. The molecule has 1 aromatic rings. The molecule has 2 unspecified atom stereocenters. The van der Waals surface area contributed by atoms with Gasteiger partial charge < -0.3 is 15.8 Å². The summed E-state index contributed by atoms with van der Waals surface area (Å²) in [7, 11) is 0. The fraction of sp³-hybridized carbons (Fsp3) is 0.400. The van der Waals surface area contributed by atoms with E-state index in [1.807, 2.05) is 6.92 Å². The number of hydrogen-bond acceptors (Lipinski definition) is 3. The molecule has 1 fully saturated rings. The number of rotatable bonds is 2. The molecule has 3 N–H and O–H groups in total. The molecule has 2 rings (SSSR count). The summed E-state index contributed by atoms with van der Waals surface area (Å²) in [6.07, 6.45) is 0.783. The first-order chi connectivity index (χ1) is 9.60. The van der Waals surface area contributed by atoms with Gasteiger partial charge in [-0.2, -0.15) is 0 Å². The molecule has 1 heterocycles. The van der Waals surface area contributed by atoms with Crippen molar-refractivity contribution in [2.45, 2.75) is 19.4 Å². The smallest absolute Gasteiger partial charge is 0.229 e. The van der Waals surface area contributed by atoms with Crippen LogP contribution in [0.15, 0.2) is 18.2 Å². The van der Waals surface area contributed by atoms with Crippen molar-refractivity contribution in [3.05, 3.63) is 29.6 Å². The molecule has 1 aliphatic heterocycles. The molecule has 1 aromatic carbocycles. The van der Waals surface area contributed by atoms with Crippen LogP contribution in [0.2, 0.25) is 0 Å². The Morgan fingerprint density at radius 1 is 1.60 bits per heavy atom. The number of carbonyl (C=O) groups excluding carboxylic acids is 1. The lowest BCUT2D eigenvalue weighted by molar-refractivity contribution is -0.119. The van der Waals surface area contributed by atoms with Crippen molar-refractivity contribution in [3.8, 4) is 11.8 Å². The maximum atomic E-state index is 13.7. The van der Waals surface area contributed by atoms with Gasteiger partial charge in [-0.1, -0.05) is 11.8 Å². The van der Waals surface area contributed by atoms with Gasteiger partial charge >= 0.3 is 0 Å². The maximum Gasteiger partial charge on any atom is 0.229 e. The lowest BCUT2D eigenvalue weighted by Crippen LogP contribution is -2.23. The third-order valence-corrected chi connectivity index (χ3v) is 3.13. The van der Waals surface area contributed by atoms with Crippen LogP contribution in [-0.4, -0.2) is 25.2 Å². The summed E-state index contributed by atoms with van der Waals surface area (Å²) in [5.74, 6) is 4.43. The average molecular weight is 276 g/mol. The summed E-state index contributed by atoms with van der Waals surface area (Å²) in [5, 5.41) is 2.70. The molecule has 0 aliphatic carbocycles. The summed E-state index contributed by atoms with van der Waals surface area (Å²) in [6, 6.07) is 4.42. The maximum absolute atomic E-state index is 13.7. The first-order valence-corrected chi connectivity index (χ1v) is 6.51. The zero-order valence-electron chi connectivity index (χ0n) is 11.3. The van der Waals surface area contributed by atoms with Gasteiger partial charge in [0.2, 0.25) is 5.91 Å². The number of carbonyl (C=O) groups is 1. The van der Waals surface area contributed by atoms with E-state index in [0.717, 1.165) is 0 Å². The predicted octanol–water partition coefficient (Wildman–Crippen LogP) is 1.50. The number of amides is 1. The van der Waals surface area contributed by atoms with E-state index in [1.165, 1.54) is 12.1 Å². The highest BCUT2D eigenvalue weighted by Crippen LogP contribution is 2.21. The van der Waals surface area contributed by atoms with Gasteiger partial charge in [0.1, 0.15) is 5.82 Å². The molecule has 0 aromatic heterocycles. The fourth-order valence-electron chi connectivity index (χ4n) is 2.08. The van der Waals surface area contributed by atoms with Crippen molar-refractivity contribution in [2.24, 2.45) is 11.7 Å². The Morgan fingerprint density at radius 2 is 2.40 bits per heavy atom. The van der Waals surface area contributed by atoms with Crippen LogP contribution in [0, 0.1) is 23.6 Å². The van der Waals surface area contributed by atoms with Crippen LogP contribution < -0.4 is 11.1 Å². The van der Waals surface area contributed by atoms with Crippen molar-refractivity contribution in [3.63, 3.8) is 0 Å². The van der Waals surface area contributed by atoms with Crippen LogP contribution in [0.4, 0.5) is 10.1 Å². The van der Waals surface area contributed by atoms with Gasteiger partial charge in [-0.05, 0) is 31.5 Å². The second-order valence-electron chi connectivity index (χ2n) is 4.77. The largest absolute Gasteiger partial charge is 0.378 e. The number of ether oxygens (including phenoxy) is 1. The van der Waals surface area contributed by atoms with E-state index in [0.29, 0.717) is 18.7 Å². The molecule has 1 aliphatic rings. The van der Waals surface area contributed by atoms with Crippen molar-refractivity contribution in [2.75, 3.05) is 18.5 Å². The van der Waals surface area contributed by atoms with Crippen molar-refractivity contribution in [1.29, 1.82) is 0 Å². The van der Waals surface area contributed by atoms with E-state index >= 15 is 0 Å². The first-order valence-electron chi connectivity index (χ1n) is 6.51. The monoisotopic (exact) mass is 276 g/mol. The Labute approximate surface area is 117 Å². The Kier molecular flexibility index (Phi) is 4.72. The standard InChI is InChI=1S/C15H17FN2O2/c1-10-7-12(9-20-10)15(19)18-13-5-4-11(3-2-6-17)14(16)8-13/h4-5,8,10,12H,6-7,9,17H2,1H3,(H,18,19). The van der Waals surface area contributed by atoms with Gasteiger partial charge in [0, 0.05) is 5.69 Å². The predicted molar refractivity (Wildman–Crippen MR) is 74.5 cm³/mol.